The first-order chi connectivity index (χ1) is 16.3. The quantitative estimate of drug-likeness (QED) is 0.142. The Morgan fingerprint density at radius 3 is 2.74 bits per heavy atom. The van der Waals surface area contributed by atoms with Gasteiger partial charge in [0.15, 0.2) is 11.9 Å². The number of benzene rings is 2. The van der Waals surface area contributed by atoms with E-state index in [1.54, 1.807) is 6.92 Å². The molecule has 34 heavy (non-hydrogen) atoms. The maximum atomic E-state index is 14.5. The highest BCUT2D eigenvalue weighted by molar-refractivity contribution is 5.96. The van der Waals surface area contributed by atoms with Gasteiger partial charge in [-0.05, 0) is 31.2 Å². The number of ether oxygens (including phenoxy) is 2. The number of nitrogens with one attached hydrogen (secondary N) is 1. The van der Waals surface area contributed by atoms with Gasteiger partial charge in [0, 0.05) is 30.4 Å². The first kappa shape index (κ1) is 23.9. The van der Waals surface area contributed by atoms with Gasteiger partial charge in [-0.2, -0.15) is 5.10 Å². The number of pyridine rings is 1. The van der Waals surface area contributed by atoms with Gasteiger partial charge in [0.2, 0.25) is 5.88 Å². The normalized spacial score (nSPS) is 12.0. The molecule has 0 aliphatic carbocycles. The van der Waals surface area contributed by atoms with Gasteiger partial charge < -0.3 is 26.4 Å². The lowest BCUT2D eigenvalue weighted by Crippen LogP contribution is -2.32. The molecule has 3 rings (SSSR count). The molecule has 0 radical (unpaired) electrons. The third kappa shape index (κ3) is 5.94. The predicted molar refractivity (Wildman–Crippen MR) is 121 cm³/mol. The Hall–Kier alpha value is -4.74. The number of nitrogens with zero attached hydrogens (tertiary/aromatic N) is 3. The lowest BCUT2D eigenvalue weighted by Gasteiger charge is -2.14. The number of hydrogen-bond donors (Lipinski definition) is 3. The largest absolute Gasteiger partial charge is 0.483 e. The van der Waals surface area contributed by atoms with E-state index >= 15 is 0 Å². The second-order valence-electron chi connectivity index (χ2n) is 6.96. The number of amides is 1. The Balaban J connectivity index is 1.69. The van der Waals surface area contributed by atoms with Crippen LogP contribution in [0.3, 0.4) is 0 Å². The predicted octanol–water partition coefficient (Wildman–Crippen LogP) is 2.85. The van der Waals surface area contributed by atoms with Crippen LogP contribution in [0.15, 0.2) is 65.9 Å². The van der Waals surface area contributed by atoms with Crippen LogP contribution in [0.2, 0.25) is 0 Å². The Kier molecular flexibility index (Phi) is 7.54. The highest BCUT2D eigenvalue weighted by Crippen LogP contribution is 2.26. The summed E-state index contributed by atoms with van der Waals surface area (Å²) in [6, 6.07) is 12.6. The van der Waals surface area contributed by atoms with Gasteiger partial charge in [0.1, 0.15) is 22.9 Å². The van der Waals surface area contributed by atoms with Crippen molar-refractivity contribution in [1.82, 2.24) is 10.3 Å². The highest BCUT2D eigenvalue weighted by Gasteiger charge is 2.17. The molecular formula is C22H21FN6O5. The second kappa shape index (κ2) is 10.7. The molecule has 0 saturated heterocycles. The van der Waals surface area contributed by atoms with Crippen LogP contribution in [0.5, 0.6) is 17.4 Å². The smallest absolute Gasteiger partial charge is 0.273 e. The van der Waals surface area contributed by atoms with Crippen LogP contribution < -0.4 is 26.4 Å². The van der Waals surface area contributed by atoms with E-state index in [0.717, 1.165) is 6.07 Å². The molecule has 176 valence electrons. The van der Waals surface area contributed by atoms with Crippen LogP contribution >= 0.6 is 0 Å². The number of carbonyl (C=O) groups is 1. The molecule has 1 unspecified atom stereocenters. The Morgan fingerprint density at radius 1 is 1.24 bits per heavy atom. The summed E-state index contributed by atoms with van der Waals surface area (Å²) in [5, 5.41) is 16.9. The fourth-order valence-corrected chi connectivity index (χ4v) is 2.80. The van der Waals surface area contributed by atoms with Gasteiger partial charge in [-0.15, -0.1) is 0 Å². The molecule has 0 fully saturated rings. The zero-order valence-electron chi connectivity index (χ0n) is 18.0. The first-order valence-electron chi connectivity index (χ1n) is 9.92. The zero-order chi connectivity index (χ0) is 24.7. The minimum absolute atomic E-state index is 0.0522. The van der Waals surface area contributed by atoms with Crippen LogP contribution in [0.1, 0.15) is 22.8 Å². The van der Waals surface area contributed by atoms with Crippen molar-refractivity contribution in [2.45, 2.75) is 19.6 Å². The monoisotopic (exact) mass is 468 g/mol. The van der Waals surface area contributed by atoms with Crippen molar-refractivity contribution in [1.29, 1.82) is 0 Å². The van der Waals surface area contributed by atoms with E-state index < -0.39 is 22.8 Å². The van der Waals surface area contributed by atoms with Crippen LogP contribution in [0.25, 0.3) is 0 Å². The molecule has 0 bridgehead atoms. The average molecular weight is 468 g/mol. The number of nitro groups is 1. The first-order valence-corrected chi connectivity index (χ1v) is 9.92. The number of non-ortho nitro benzene ring substituents is 1. The third-order valence-electron chi connectivity index (χ3n) is 4.60. The van der Waals surface area contributed by atoms with Crippen molar-refractivity contribution in [3.63, 3.8) is 0 Å². The zero-order valence-corrected chi connectivity index (χ0v) is 18.0. The summed E-state index contributed by atoms with van der Waals surface area (Å²) >= 11 is 0. The van der Waals surface area contributed by atoms with Gasteiger partial charge in [0.25, 0.3) is 11.6 Å². The molecule has 12 heteroatoms. The summed E-state index contributed by atoms with van der Waals surface area (Å²) in [4.78, 5) is 27.1. The fraction of sp³-hybridized carbons (Fsp3) is 0.136. The number of halogens is 1. The third-order valence-corrected chi connectivity index (χ3v) is 4.60. The second-order valence-corrected chi connectivity index (χ2v) is 6.96. The van der Waals surface area contributed by atoms with Crippen molar-refractivity contribution in [2.24, 2.45) is 16.7 Å². The summed E-state index contributed by atoms with van der Waals surface area (Å²) in [6.07, 6.45) is 0.760. The molecule has 1 atom stereocenters. The number of nitro benzene ring substituents is 1. The van der Waals surface area contributed by atoms with E-state index in [2.05, 4.69) is 15.4 Å². The molecule has 0 aliphatic heterocycles. The Morgan fingerprint density at radius 2 is 2.03 bits per heavy atom. The number of aromatic nitrogens is 1. The van der Waals surface area contributed by atoms with Crippen LogP contribution in [-0.4, -0.2) is 27.8 Å². The maximum absolute atomic E-state index is 14.5. The number of rotatable bonds is 9. The molecule has 1 aromatic heterocycles. The van der Waals surface area contributed by atoms with Crippen LogP contribution in [-0.2, 0) is 6.54 Å². The fourth-order valence-electron chi connectivity index (χ4n) is 2.80. The number of carbonyl (C=O) groups excluding carboxylic acids is 1. The molecular weight excluding hydrogens is 447 g/mol. The van der Waals surface area contributed by atoms with E-state index in [0.29, 0.717) is 0 Å². The van der Waals surface area contributed by atoms with Crippen LogP contribution in [0.4, 0.5) is 10.1 Å². The number of amidine groups is 1. The van der Waals surface area contributed by atoms with E-state index in [4.69, 9.17) is 21.1 Å². The molecule has 5 N–H and O–H groups in total. The van der Waals surface area contributed by atoms with Gasteiger partial charge in [-0.1, -0.05) is 12.1 Å². The molecule has 0 spiro atoms. The molecule has 0 aliphatic rings. The number of nitrogens with two attached hydrogens (primary N) is 2. The topological polar surface area (TPSA) is 168 Å². The molecule has 11 nitrogen and oxygen atoms in total. The van der Waals surface area contributed by atoms with Crippen molar-refractivity contribution in [2.75, 3.05) is 0 Å². The van der Waals surface area contributed by atoms with E-state index in [9.17, 15) is 19.3 Å². The van der Waals surface area contributed by atoms with Crippen molar-refractivity contribution >= 4 is 17.4 Å². The summed E-state index contributed by atoms with van der Waals surface area (Å²) in [5.41, 5.74) is 5.67. The minimum Gasteiger partial charge on any atom is -0.483 e. The van der Waals surface area contributed by atoms with E-state index in [-0.39, 0.29) is 46.6 Å². The van der Waals surface area contributed by atoms with Gasteiger partial charge in [0.05, 0.1) is 11.0 Å². The highest BCUT2D eigenvalue weighted by atomic mass is 19.1. The summed E-state index contributed by atoms with van der Waals surface area (Å²) < 4.78 is 25.5. The molecule has 3 aromatic rings. The SMILES string of the molecule is CC(Oc1ccc(CNC(=O)c2cccnc2Oc2cccc([N+](=O)[O-])c2)c(F)c1)/C(N)=N/N. The standard InChI is InChI=1S/C22H21FN6O5/c1-13(20(24)28-25)33-17-8-7-14(19(23)11-17)12-27-21(30)18-6-3-9-26-22(18)34-16-5-2-4-15(10-16)29(31)32/h2-11,13H,12,25H2,1H3,(H2,24,28)(H,27,30). The summed E-state index contributed by atoms with van der Waals surface area (Å²) in [5.74, 6) is 4.26. The number of hydrogen-bond acceptors (Lipinski definition) is 8. The van der Waals surface area contributed by atoms with Crippen molar-refractivity contribution < 1.29 is 23.6 Å². The van der Waals surface area contributed by atoms with Crippen molar-refractivity contribution in [3.8, 4) is 17.4 Å². The Bertz CT molecular complexity index is 1240. The van der Waals surface area contributed by atoms with E-state index in [1.165, 1.54) is 54.7 Å². The Labute approximate surface area is 193 Å². The maximum Gasteiger partial charge on any atom is 0.273 e. The van der Waals surface area contributed by atoms with Crippen LogP contribution in [0, 0.1) is 15.9 Å². The molecule has 1 heterocycles. The van der Waals surface area contributed by atoms with Gasteiger partial charge in [-0.3, -0.25) is 14.9 Å². The molecule has 1 amide bonds. The number of hydrazone groups is 1. The van der Waals surface area contributed by atoms with E-state index in [1.807, 2.05) is 0 Å². The molecule has 2 aromatic carbocycles. The lowest BCUT2D eigenvalue weighted by molar-refractivity contribution is -0.384. The lowest BCUT2D eigenvalue weighted by atomic mass is 10.2. The minimum atomic E-state index is -0.648. The molecule has 0 saturated carbocycles. The summed E-state index contributed by atoms with van der Waals surface area (Å²) in [7, 11) is 0. The van der Waals surface area contributed by atoms with Gasteiger partial charge in [-0.25, -0.2) is 9.37 Å². The van der Waals surface area contributed by atoms with Gasteiger partial charge >= 0.3 is 0 Å². The summed E-state index contributed by atoms with van der Waals surface area (Å²) in [6.45, 7) is 1.48. The van der Waals surface area contributed by atoms with Crippen molar-refractivity contribution in [3.05, 3.63) is 87.9 Å². The average Bonchev–Trinajstić information content (AvgIpc) is 2.83.